The van der Waals surface area contributed by atoms with Gasteiger partial charge >= 0.3 is 0 Å². The zero-order valence-corrected chi connectivity index (χ0v) is 43.6. The molecule has 10 aromatic rings. The first-order valence-electron chi connectivity index (χ1n) is 26.5. The molecule has 3 heteroatoms. The number of fused-ring (bicyclic) bond motifs is 11. The number of hydrogen-bond acceptors (Lipinski definition) is 2. The van der Waals surface area contributed by atoms with E-state index >= 15 is 0 Å². The maximum absolute atomic E-state index is 4.15. The molecule has 13 rings (SSSR count). The number of anilines is 5. The molecule has 358 valence electrons. The number of nitrogens with zero attached hydrogens (tertiary/aromatic N) is 1. The molecule has 1 aliphatic carbocycles. The van der Waals surface area contributed by atoms with Gasteiger partial charge in [0.15, 0.2) is 7.28 Å². The van der Waals surface area contributed by atoms with Crippen molar-refractivity contribution in [1.29, 1.82) is 0 Å². The van der Waals surface area contributed by atoms with Gasteiger partial charge in [-0.25, -0.2) is 0 Å². The highest BCUT2D eigenvalue weighted by atomic mass is 15.2. The molecule has 3 aliphatic rings. The van der Waals surface area contributed by atoms with Crippen LogP contribution in [0.4, 0.5) is 28.4 Å². The Labute approximate surface area is 438 Å². The van der Waals surface area contributed by atoms with Gasteiger partial charge < -0.3 is 10.2 Å². The molecule has 0 saturated heterocycles. The van der Waals surface area contributed by atoms with E-state index in [0.717, 1.165) is 19.4 Å². The van der Waals surface area contributed by atoms with Crippen molar-refractivity contribution < 1.29 is 0 Å². The number of benzene rings is 10. The van der Waals surface area contributed by atoms with E-state index in [9.17, 15) is 0 Å². The van der Waals surface area contributed by atoms with Gasteiger partial charge in [0, 0.05) is 34.2 Å². The second-order valence-electron chi connectivity index (χ2n) is 22.3. The van der Waals surface area contributed by atoms with Crippen LogP contribution in [0.1, 0.15) is 93.5 Å². The first kappa shape index (κ1) is 45.7. The zero-order valence-electron chi connectivity index (χ0n) is 43.6. The largest absolute Gasteiger partial charge is 0.354 e. The molecule has 1 unspecified atom stereocenters. The maximum atomic E-state index is 4.15. The fourth-order valence-electron chi connectivity index (χ4n) is 13.4. The predicted molar refractivity (Wildman–Crippen MR) is 315 cm³/mol. The van der Waals surface area contributed by atoms with Crippen LogP contribution in [0.2, 0.25) is 0 Å². The van der Waals surface area contributed by atoms with Gasteiger partial charge in [-0.1, -0.05) is 214 Å². The third-order valence-corrected chi connectivity index (χ3v) is 16.6. The summed E-state index contributed by atoms with van der Waals surface area (Å²) in [4.78, 5) is 2.64. The van der Waals surface area contributed by atoms with Crippen LogP contribution in [0.3, 0.4) is 0 Å². The Hall–Kier alpha value is -8.14. The first-order chi connectivity index (χ1) is 36.0. The molecule has 10 aromatic carbocycles. The van der Waals surface area contributed by atoms with Crippen LogP contribution in [0, 0.1) is 27.7 Å². The van der Waals surface area contributed by atoms with Crippen LogP contribution in [-0.2, 0) is 17.3 Å². The van der Waals surface area contributed by atoms with Crippen molar-refractivity contribution in [3.63, 3.8) is 0 Å². The summed E-state index contributed by atoms with van der Waals surface area (Å²) >= 11 is 0. The van der Waals surface area contributed by atoms with Crippen molar-refractivity contribution >= 4 is 46.6 Å². The van der Waals surface area contributed by atoms with E-state index in [1.165, 1.54) is 134 Å². The minimum atomic E-state index is -0.516. The molecule has 0 amide bonds. The minimum Gasteiger partial charge on any atom is -0.354 e. The molecule has 0 saturated carbocycles. The molecule has 1 N–H and O–H groups in total. The number of aryl methyl sites for hydroxylation is 4. The molecule has 2 heterocycles. The van der Waals surface area contributed by atoms with Gasteiger partial charge in [-0.15, -0.1) is 0 Å². The molecular weight excluding hydrogens is 892 g/mol. The lowest BCUT2D eigenvalue weighted by atomic mass is 9.57. The van der Waals surface area contributed by atoms with Crippen molar-refractivity contribution in [3.05, 3.63) is 279 Å². The summed E-state index contributed by atoms with van der Waals surface area (Å²) in [6.45, 7) is 16.1. The highest BCUT2D eigenvalue weighted by Gasteiger charge is 2.50. The highest BCUT2D eigenvalue weighted by molar-refractivity contribution is 6.73. The fraction of sp³-hybridized carbons (Fsp3) is 0.155. The van der Waals surface area contributed by atoms with Gasteiger partial charge in [-0.3, -0.25) is 0 Å². The van der Waals surface area contributed by atoms with Crippen molar-refractivity contribution in [2.75, 3.05) is 10.2 Å². The molecule has 74 heavy (non-hydrogen) atoms. The first-order valence-corrected chi connectivity index (χ1v) is 26.5. The fourth-order valence-corrected chi connectivity index (χ4v) is 13.4. The van der Waals surface area contributed by atoms with E-state index in [1.807, 2.05) is 0 Å². The SMILES string of the molecule is Cc1cc(C)c(-c2cc(-c3cccc4c3Nc3ccccc3C43c4ccccc4-c4ccccc43)c3c(c2)N(c2ccc(C(C)(C)C)cc2C)c2cc(C(Cc4ccccc4)c4ccccc4)ccc2B3)c(C)c1. The van der Waals surface area contributed by atoms with Crippen molar-refractivity contribution in [3.8, 4) is 33.4 Å². The summed E-state index contributed by atoms with van der Waals surface area (Å²) < 4.78 is 0. The molecule has 0 bridgehead atoms. The quantitative estimate of drug-likeness (QED) is 0.160. The van der Waals surface area contributed by atoms with E-state index in [2.05, 4.69) is 271 Å². The van der Waals surface area contributed by atoms with Gasteiger partial charge in [0.05, 0.1) is 11.1 Å². The molecule has 1 atom stereocenters. The van der Waals surface area contributed by atoms with Gasteiger partial charge in [0.25, 0.3) is 0 Å². The van der Waals surface area contributed by atoms with E-state index in [4.69, 9.17) is 0 Å². The van der Waals surface area contributed by atoms with Crippen LogP contribution >= 0.6 is 0 Å². The Kier molecular flexibility index (Phi) is 10.8. The van der Waals surface area contributed by atoms with Crippen molar-refractivity contribution in [1.82, 2.24) is 0 Å². The van der Waals surface area contributed by atoms with Crippen LogP contribution < -0.4 is 21.1 Å². The molecule has 2 aliphatic heterocycles. The van der Waals surface area contributed by atoms with Gasteiger partial charge in [-0.05, 0) is 164 Å². The van der Waals surface area contributed by atoms with Crippen LogP contribution in [0.25, 0.3) is 33.4 Å². The van der Waals surface area contributed by atoms with Gasteiger partial charge in [-0.2, -0.15) is 0 Å². The normalized spacial score (nSPS) is 13.9. The Morgan fingerprint density at radius 1 is 0.486 bits per heavy atom. The Bertz CT molecular complexity index is 3790. The van der Waals surface area contributed by atoms with E-state index in [1.54, 1.807) is 0 Å². The van der Waals surface area contributed by atoms with E-state index in [-0.39, 0.29) is 11.3 Å². The molecular formula is C71H61BN2. The monoisotopic (exact) mass is 952 g/mol. The molecule has 0 fully saturated rings. The number of para-hydroxylation sites is 2. The average Bonchev–Trinajstić information content (AvgIpc) is 3.80. The van der Waals surface area contributed by atoms with Crippen LogP contribution in [0.15, 0.2) is 212 Å². The molecule has 0 aromatic heterocycles. The zero-order chi connectivity index (χ0) is 50.5. The smallest absolute Gasteiger partial charge is 0.198 e. The summed E-state index contributed by atoms with van der Waals surface area (Å²) in [6, 6.07) is 80.9. The van der Waals surface area contributed by atoms with E-state index < -0.39 is 5.41 Å². The standard InChI is InChI=1S/C71H61BN2/c1-44-37-46(3)67(47(4)38-44)51-41-57(55-27-20-31-61-69(55)73-63-32-19-18-30-60(63)71(61)58-28-16-14-25-53(58)54-26-15-17-29-59(54)71)68-66(43-51)74(64-36-34-52(39-45(64)2)70(5,6)7)65-42-50(33-35-62(65)72-68)56(49-23-12-9-13-24-49)40-48-21-10-8-11-22-48/h8-39,41-43,56,72-73H,40H2,1-7H3. The summed E-state index contributed by atoms with van der Waals surface area (Å²) in [7, 11) is 0.786. The highest BCUT2D eigenvalue weighted by Crippen LogP contribution is 2.62. The number of hydrogen-bond donors (Lipinski definition) is 1. The van der Waals surface area contributed by atoms with Crippen LogP contribution in [-0.4, -0.2) is 7.28 Å². The average molecular weight is 953 g/mol. The summed E-state index contributed by atoms with van der Waals surface area (Å²) in [6.07, 6.45) is 0.908. The van der Waals surface area contributed by atoms with Crippen molar-refractivity contribution in [2.24, 2.45) is 0 Å². The summed E-state index contributed by atoms with van der Waals surface area (Å²) in [5.74, 6) is 0.166. The minimum absolute atomic E-state index is 0.00504. The molecule has 2 nitrogen and oxygen atoms in total. The summed E-state index contributed by atoms with van der Waals surface area (Å²) in [5.41, 5.74) is 31.4. The van der Waals surface area contributed by atoms with E-state index in [0.29, 0.717) is 0 Å². The predicted octanol–water partition coefficient (Wildman–Crippen LogP) is 16.5. The van der Waals surface area contributed by atoms with Crippen LogP contribution in [0.5, 0.6) is 0 Å². The Morgan fingerprint density at radius 2 is 1.11 bits per heavy atom. The Morgan fingerprint density at radius 3 is 1.80 bits per heavy atom. The molecule has 1 spiro atoms. The lowest BCUT2D eigenvalue weighted by Crippen LogP contribution is -2.41. The summed E-state index contributed by atoms with van der Waals surface area (Å²) in [5, 5.41) is 4.15. The number of rotatable bonds is 7. The third kappa shape index (κ3) is 7.23. The second kappa shape index (κ2) is 17.5. The molecule has 0 radical (unpaired) electrons. The Balaban J connectivity index is 1.10. The maximum Gasteiger partial charge on any atom is 0.198 e. The lowest BCUT2D eigenvalue weighted by Gasteiger charge is -2.41. The number of nitrogens with one attached hydrogen (secondary N) is 1. The second-order valence-corrected chi connectivity index (χ2v) is 22.3. The van der Waals surface area contributed by atoms with Gasteiger partial charge in [0.2, 0.25) is 0 Å². The topological polar surface area (TPSA) is 15.3 Å². The third-order valence-electron chi connectivity index (χ3n) is 16.6. The van der Waals surface area contributed by atoms with Gasteiger partial charge in [0.1, 0.15) is 0 Å². The lowest BCUT2D eigenvalue weighted by molar-refractivity contribution is 0.590. The van der Waals surface area contributed by atoms with Crippen molar-refractivity contribution in [2.45, 2.75) is 71.6 Å².